The number of carbonyl (C=O) groups is 2. The summed E-state index contributed by atoms with van der Waals surface area (Å²) in [6.07, 6.45) is 12.4. The van der Waals surface area contributed by atoms with Crippen molar-refractivity contribution in [3.05, 3.63) is 70.5 Å². The molecule has 1 aromatic rings. The molecule has 1 N–H and O–H groups in total. The second-order valence-electron chi connectivity index (χ2n) is 10.4. The maximum atomic E-state index is 15.5. The molecule has 37 heavy (non-hydrogen) atoms. The number of carboxylic acid groups (broad SMARTS) is 1. The third-order valence-corrected chi connectivity index (χ3v) is 7.32. The summed E-state index contributed by atoms with van der Waals surface area (Å²) < 4.78 is 15.5. The van der Waals surface area contributed by atoms with Crippen molar-refractivity contribution in [1.82, 2.24) is 9.80 Å². The average molecular weight is 506 g/mol. The molecule has 7 heteroatoms. The number of allylic oxidation sites excluding steroid dienone is 4. The monoisotopic (exact) mass is 505 g/mol. The molecule has 6 nitrogen and oxygen atoms in total. The van der Waals surface area contributed by atoms with Crippen molar-refractivity contribution in [2.24, 2.45) is 10.9 Å². The van der Waals surface area contributed by atoms with Crippen LogP contribution >= 0.6 is 0 Å². The smallest absolute Gasteiger partial charge is 0.328 e. The number of carbonyl (C=O) groups excluding carboxylic acids is 1. The number of hydrogen-bond acceptors (Lipinski definition) is 4. The summed E-state index contributed by atoms with van der Waals surface area (Å²) in [6, 6.07) is 5.11. The zero-order valence-corrected chi connectivity index (χ0v) is 22.1. The molecule has 0 spiro atoms. The second kappa shape index (κ2) is 11.3. The molecule has 2 aliphatic heterocycles. The highest BCUT2D eigenvalue weighted by molar-refractivity contribution is 6.43. The molecule has 1 unspecified atom stereocenters. The topological polar surface area (TPSA) is 73.2 Å². The molecule has 3 aliphatic rings. The minimum atomic E-state index is -1.14. The van der Waals surface area contributed by atoms with Gasteiger partial charge in [0, 0.05) is 42.5 Å². The van der Waals surface area contributed by atoms with Crippen molar-refractivity contribution >= 4 is 29.2 Å². The summed E-state index contributed by atoms with van der Waals surface area (Å²) in [6.45, 7) is 6.65. The molecule has 1 atom stereocenters. The standard InChI is InChI=1S/C30H36FN3O3/c1-19(2)24(23-11-8-10-22(29(23)31)14-15-28(35)36)17-27-32-25(18-26(33(27)4)21-12-13-21)30(37)34-16-7-5-6-9-20(34)3/h8,10-11,14-15,17-18,20-21H,5-7,9,12-13,16H2,1-4H3,(H,35,36)/b15-14+,27-17-. The van der Waals surface area contributed by atoms with E-state index in [1.165, 1.54) is 6.08 Å². The molecule has 1 aliphatic carbocycles. The highest BCUT2D eigenvalue weighted by Gasteiger charge is 2.34. The van der Waals surface area contributed by atoms with Crippen molar-refractivity contribution in [2.75, 3.05) is 13.6 Å². The molecule has 0 radical (unpaired) electrons. The summed E-state index contributed by atoms with van der Waals surface area (Å²) >= 11 is 0. The quantitative estimate of drug-likeness (QED) is 0.479. The molecule has 1 amide bonds. The molecule has 196 valence electrons. The molecule has 0 bridgehead atoms. The first kappa shape index (κ1) is 26.6. The Kier molecular flexibility index (Phi) is 8.10. The van der Waals surface area contributed by atoms with Crippen molar-refractivity contribution < 1.29 is 19.1 Å². The Bertz CT molecular complexity index is 1230. The van der Waals surface area contributed by atoms with Crippen LogP contribution in [0.3, 0.4) is 0 Å². The van der Waals surface area contributed by atoms with Crippen molar-refractivity contribution in [3.8, 4) is 0 Å². The highest BCUT2D eigenvalue weighted by Crippen LogP contribution is 2.41. The number of likely N-dealkylation sites (tertiary alicyclic amines) is 1. The van der Waals surface area contributed by atoms with Gasteiger partial charge in [0.1, 0.15) is 17.3 Å². The Hall–Kier alpha value is -3.48. The second-order valence-corrected chi connectivity index (χ2v) is 10.4. The van der Waals surface area contributed by atoms with E-state index in [4.69, 9.17) is 10.1 Å². The molecule has 2 heterocycles. The maximum absolute atomic E-state index is 15.5. The first-order valence-corrected chi connectivity index (χ1v) is 13.1. The zero-order valence-electron chi connectivity index (χ0n) is 22.1. The number of rotatable bonds is 6. The van der Waals surface area contributed by atoms with Crippen LogP contribution in [0.1, 0.15) is 70.4 Å². The Morgan fingerprint density at radius 1 is 1.14 bits per heavy atom. The van der Waals surface area contributed by atoms with E-state index in [2.05, 4.69) is 6.92 Å². The van der Waals surface area contributed by atoms with Gasteiger partial charge in [-0.05, 0) is 76.2 Å². The zero-order chi connectivity index (χ0) is 26.7. The van der Waals surface area contributed by atoms with E-state index in [-0.39, 0.29) is 17.5 Å². The molecule has 2 fully saturated rings. The van der Waals surface area contributed by atoms with Gasteiger partial charge in [-0.25, -0.2) is 14.2 Å². The van der Waals surface area contributed by atoms with Crippen molar-refractivity contribution in [2.45, 2.75) is 65.3 Å². The number of benzene rings is 1. The van der Waals surface area contributed by atoms with Gasteiger partial charge in [-0.15, -0.1) is 0 Å². The van der Waals surface area contributed by atoms with Gasteiger partial charge in [0.2, 0.25) is 0 Å². The first-order chi connectivity index (χ1) is 17.7. The Labute approximate surface area is 218 Å². The lowest BCUT2D eigenvalue weighted by Crippen LogP contribution is -2.43. The lowest BCUT2D eigenvalue weighted by Gasteiger charge is -2.31. The van der Waals surface area contributed by atoms with Crippen LogP contribution in [0.2, 0.25) is 0 Å². The SMILES string of the molecule is CC(C)=C(/C=C1/N=C(C(=O)N2CCCCCC2C)C=C(C2CC2)N1C)c1cccc(/C=C/C(=O)O)c1F. The van der Waals surface area contributed by atoms with Gasteiger partial charge >= 0.3 is 5.97 Å². The molecule has 1 aromatic carbocycles. The number of hydrogen-bond donors (Lipinski definition) is 1. The van der Waals surface area contributed by atoms with Gasteiger partial charge in [-0.3, -0.25) is 4.79 Å². The van der Waals surface area contributed by atoms with E-state index in [0.717, 1.165) is 62.4 Å². The normalized spacial score (nSPS) is 21.5. The summed E-state index contributed by atoms with van der Waals surface area (Å²) in [5.41, 5.74) is 3.60. The van der Waals surface area contributed by atoms with E-state index in [0.29, 0.717) is 28.6 Å². The van der Waals surface area contributed by atoms with E-state index in [1.54, 1.807) is 18.2 Å². The molecule has 1 saturated carbocycles. The third-order valence-electron chi connectivity index (χ3n) is 7.32. The number of nitrogens with zero attached hydrogens (tertiary/aromatic N) is 3. The number of aliphatic carboxylic acids is 1. The maximum Gasteiger partial charge on any atom is 0.328 e. The lowest BCUT2D eigenvalue weighted by molar-refractivity contribution is -0.131. The van der Waals surface area contributed by atoms with Gasteiger partial charge in [0.25, 0.3) is 5.91 Å². The predicted octanol–water partition coefficient (Wildman–Crippen LogP) is 6.03. The van der Waals surface area contributed by atoms with Crippen LogP contribution in [0.4, 0.5) is 4.39 Å². The fraction of sp³-hybridized carbons (Fsp3) is 0.433. The molecular formula is C30H36FN3O3. The fourth-order valence-electron chi connectivity index (χ4n) is 5.00. The molecule has 4 rings (SSSR count). The van der Waals surface area contributed by atoms with E-state index in [1.807, 2.05) is 42.8 Å². The van der Waals surface area contributed by atoms with Gasteiger partial charge < -0.3 is 14.9 Å². The van der Waals surface area contributed by atoms with Gasteiger partial charge in [0.05, 0.1) is 0 Å². The summed E-state index contributed by atoms with van der Waals surface area (Å²) in [4.78, 5) is 33.4. The fourth-order valence-corrected chi connectivity index (χ4v) is 5.00. The summed E-state index contributed by atoms with van der Waals surface area (Å²) in [7, 11) is 1.94. The third kappa shape index (κ3) is 6.09. The lowest BCUT2D eigenvalue weighted by atomic mass is 9.97. The van der Waals surface area contributed by atoms with Crippen molar-refractivity contribution in [1.29, 1.82) is 0 Å². The van der Waals surface area contributed by atoms with Crippen LogP contribution in [0.5, 0.6) is 0 Å². The number of carboxylic acids is 1. The first-order valence-electron chi connectivity index (χ1n) is 13.1. The largest absolute Gasteiger partial charge is 0.478 e. The van der Waals surface area contributed by atoms with Crippen LogP contribution in [-0.2, 0) is 9.59 Å². The van der Waals surface area contributed by atoms with E-state index in [9.17, 15) is 9.59 Å². The highest BCUT2D eigenvalue weighted by atomic mass is 19.1. The number of amides is 1. The minimum Gasteiger partial charge on any atom is -0.478 e. The van der Waals surface area contributed by atoms with E-state index >= 15 is 4.39 Å². The van der Waals surface area contributed by atoms with Gasteiger partial charge in [-0.1, -0.05) is 36.6 Å². The van der Waals surface area contributed by atoms with Crippen LogP contribution in [0.25, 0.3) is 11.6 Å². The van der Waals surface area contributed by atoms with Gasteiger partial charge in [0.15, 0.2) is 0 Å². The van der Waals surface area contributed by atoms with Crippen LogP contribution in [-0.4, -0.2) is 52.1 Å². The van der Waals surface area contributed by atoms with Crippen LogP contribution < -0.4 is 0 Å². The summed E-state index contributed by atoms with van der Waals surface area (Å²) in [5, 5.41) is 8.96. The Balaban J connectivity index is 1.76. The minimum absolute atomic E-state index is 0.0442. The molecule has 0 aromatic heterocycles. The number of halogens is 1. The number of aliphatic imine (C=N–C) groups is 1. The molecule has 1 saturated heterocycles. The van der Waals surface area contributed by atoms with Crippen LogP contribution in [0, 0.1) is 11.7 Å². The van der Waals surface area contributed by atoms with E-state index < -0.39 is 11.8 Å². The summed E-state index contributed by atoms with van der Waals surface area (Å²) in [5.74, 6) is -0.690. The van der Waals surface area contributed by atoms with Crippen molar-refractivity contribution in [3.63, 3.8) is 0 Å². The Morgan fingerprint density at radius 2 is 1.89 bits per heavy atom. The Morgan fingerprint density at radius 3 is 2.57 bits per heavy atom. The molecular weight excluding hydrogens is 469 g/mol. The van der Waals surface area contributed by atoms with Gasteiger partial charge in [-0.2, -0.15) is 0 Å². The average Bonchev–Trinajstić information content (AvgIpc) is 3.71. The predicted molar refractivity (Wildman–Crippen MR) is 145 cm³/mol. The van der Waals surface area contributed by atoms with Crippen LogP contribution in [0.15, 0.2) is 58.5 Å².